The van der Waals surface area contributed by atoms with Crippen molar-refractivity contribution in [2.75, 3.05) is 17.2 Å². The lowest BCUT2D eigenvalue weighted by Gasteiger charge is -2.14. The maximum absolute atomic E-state index is 12.5. The van der Waals surface area contributed by atoms with Gasteiger partial charge in [0.15, 0.2) is 0 Å². The molecule has 0 heterocycles. The molecule has 1 unspecified atom stereocenters. The van der Waals surface area contributed by atoms with Crippen molar-refractivity contribution >= 4 is 29.1 Å². The third-order valence-electron chi connectivity index (χ3n) is 3.77. The molecule has 1 atom stereocenters. The fourth-order valence-electron chi connectivity index (χ4n) is 2.56. The van der Waals surface area contributed by atoms with Crippen molar-refractivity contribution < 1.29 is 14.4 Å². The van der Waals surface area contributed by atoms with Crippen LogP contribution in [0, 0.1) is 0 Å². The Balaban J connectivity index is 2.13. The van der Waals surface area contributed by atoms with E-state index in [1.165, 1.54) is 13.8 Å². The molecular weight excluding hydrogens is 330 g/mol. The second kappa shape index (κ2) is 8.80. The third kappa shape index (κ3) is 5.73. The molecule has 2 aromatic rings. The molecule has 6 heteroatoms. The van der Waals surface area contributed by atoms with E-state index in [9.17, 15) is 14.4 Å². The largest absolute Gasteiger partial charge is 0.351 e. The maximum atomic E-state index is 12.5. The van der Waals surface area contributed by atoms with Crippen LogP contribution in [0.15, 0.2) is 48.5 Å². The van der Waals surface area contributed by atoms with Crippen molar-refractivity contribution in [1.29, 1.82) is 0 Å². The van der Waals surface area contributed by atoms with Crippen LogP contribution in [0.1, 0.15) is 42.6 Å². The molecule has 0 saturated carbocycles. The molecular formula is C20H23N3O3. The van der Waals surface area contributed by atoms with Crippen molar-refractivity contribution in [1.82, 2.24) is 5.32 Å². The van der Waals surface area contributed by atoms with Gasteiger partial charge in [0.2, 0.25) is 11.8 Å². The second-order valence-electron chi connectivity index (χ2n) is 6.18. The van der Waals surface area contributed by atoms with Crippen LogP contribution in [-0.4, -0.2) is 24.3 Å². The summed E-state index contributed by atoms with van der Waals surface area (Å²) in [7, 11) is 0. The summed E-state index contributed by atoms with van der Waals surface area (Å²) in [6.07, 6.45) is 0. The molecule has 0 bridgehead atoms. The Kier molecular flexibility index (Phi) is 6.49. The summed E-state index contributed by atoms with van der Waals surface area (Å²) >= 11 is 0. The Labute approximate surface area is 153 Å². The van der Waals surface area contributed by atoms with Gasteiger partial charge in [-0.2, -0.15) is 0 Å². The molecule has 0 aliphatic carbocycles. The number of anilines is 2. The lowest BCUT2D eigenvalue weighted by Crippen LogP contribution is -2.27. The van der Waals surface area contributed by atoms with E-state index in [1.54, 1.807) is 18.2 Å². The molecule has 0 fully saturated rings. The van der Waals surface area contributed by atoms with Crippen LogP contribution in [0.25, 0.3) is 0 Å². The van der Waals surface area contributed by atoms with E-state index in [0.29, 0.717) is 23.5 Å². The first-order valence-corrected chi connectivity index (χ1v) is 8.38. The fourth-order valence-corrected chi connectivity index (χ4v) is 2.56. The van der Waals surface area contributed by atoms with Crippen molar-refractivity contribution in [3.05, 3.63) is 59.7 Å². The van der Waals surface area contributed by atoms with Gasteiger partial charge in [0.25, 0.3) is 5.91 Å². The summed E-state index contributed by atoms with van der Waals surface area (Å²) in [4.78, 5) is 35.1. The number of hydrogen-bond donors (Lipinski definition) is 3. The topological polar surface area (TPSA) is 87.3 Å². The van der Waals surface area contributed by atoms with Crippen molar-refractivity contribution in [2.45, 2.75) is 26.7 Å². The van der Waals surface area contributed by atoms with Gasteiger partial charge in [-0.3, -0.25) is 14.4 Å². The summed E-state index contributed by atoms with van der Waals surface area (Å²) in [6, 6.07) is 14.7. The molecule has 0 radical (unpaired) electrons. The van der Waals surface area contributed by atoms with Gasteiger partial charge in [-0.1, -0.05) is 37.3 Å². The highest BCUT2D eigenvalue weighted by Crippen LogP contribution is 2.20. The molecule has 0 aliphatic heterocycles. The first-order chi connectivity index (χ1) is 12.3. The Morgan fingerprint density at radius 2 is 1.42 bits per heavy atom. The minimum atomic E-state index is -0.272. The van der Waals surface area contributed by atoms with E-state index in [0.717, 1.165) is 5.56 Å². The SMILES string of the molecule is CC(=O)Nc1cc(NC(C)=O)cc(C(=O)NCC(C)c2ccccc2)c1. The van der Waals surface area contributed by atoms with Gasteiger partial charge in [-0.05, 0) is 29.7 Å². The number of rotatable bonds is 6. The molecule has 0 aliphatic rings. The monoisotopic (exact) mass is 353 g/mol. The van der Waals surface area contributed by atoms with E-state index < -0.39 is 0 Å². The predicted octanol–water partition coefficient (Wildman–Crippen LogP) is 3.14. The highest BCUT2D eigenvalue weighted by molar-refractivity contribution is 5.99. The quantitative estimate of drug-likeness (QED) is 0.745. The Bertz CT molecular complexity index is 769. The van der Waals surface area contributed by atoms with Crippen LogP contribution in [0.3, 0.4) is 0 Å². The van der Waals surface area contributed by atoms with Gasteiger partial charge in [-0.15, -0.1) is 0 Å². The zero-order chi connectivity index (χ0) is 19.1. The van der Waals surface area contributed by atoms with Crippen LogP contribution in [-0.2, 0) is 9.59 Å². The van der Waals surface area contributed by atoms with Crippen LogP contribution in [0.4, 0.5) is 11.4 Å². The van der Waals surface area contributed by atoms with E-state index >= 15 is 0 Å². The molecule has 0 spiro atoms. The van der Waals surface area contributed by atoms with Crippen LogP contribution in [0.5, 0.6) is 0 Å². The standard InChI is InChI=1S/C20H23N3O3/c1-13(16-7-5-4-6-8-16)12-21-20(26)17-9-18(22-14(2)24)11-19(10-17)23-15(3)25/h4-11,13H,12H2,1-3H3,(H,21,26)(H,22,24)(H,23,25). The summed E-state index contributed by atoms with van der Waals surface area (Å²) in [5, 5.41) is 8.16. The number of amides is 3. The fraction of sp³-hybridized carbons (Fsp3) is 0.250. The highest BCUT2D eigenvalue weighted by atomic mass is 16.2. The van der Waals surface area contributed by atoms with Crippen LogP contribution in [0.2, 0.25) is 0 Å². The van der Waals surface area contributed by atoms with E-state index in [4.69, 9.17) is 0 Å². The Hall–Kier alpha value is -3.15. The molecule has 6 nitrogen and oxygen atoms in total. The lowest BCUT2D eigenvalue weighted by atomic mass is 10.0. The highest BCUT2D eigenvalue weighted by Gasteiger charge is 2.12. The Morgan fingerprint density at radius 3 is 1.92 bits per heavy atom. The van der Waals surface area contributed by atoms with Crippen molar-refractivity contribution in [3.63, 3.8) is 0 Å². The smallest absolute Gasteiger partial charge is 0.251 e. The molecule has 26 heavy (non-hydrogen) atoms. The normalized spacial score (nSPS) is 11.3. The zero-order valence-corrected chi connectivity index (χ0v) is 15.1. The summed E-state index contributed by atoms with van der Waals surface area (Å²) in [6.45, 7) is 5.27. The molecule has 0 aromatic heterocycles. The first kappa shape index (κ1) is 19.2. The first-order valence-electron chi connectivity index (χ1n) is 8.38. The van der Waals surface area contributed by atoms with Gasteiger partial charge in [0.1, 0.15) is 0 Å². The molecule has 136 valence electrons. The van der Waals surface area contributed by atoms with Crippen LogP contribution >= 0.6 is 0 Å². The van der Waals surface area contributed by atoms with Gasteiger partial charge >= 0.3 is 0 Å². The van der Waals surface area contributed by atoms with Crippen molar-refractivity contribution in [2.24, 2.45) is 0 Å². The summed E-state index contributed by atoms with van der Waals surface area (Å²) < 4.78 is 0. The number of nitrogens with one attached hydrogen (secondary N) is 3. The van der Waals surface area contributed by atoms with Crippen LogP contribution < -0.4 is 16.0 Å². The summed E-state index contributed by atoms with van der Waals surface area (Å²) in [5.74, 6) is -0.622. The minimum Gasteiger partial charge on any atom is -0.351 e. The van der Waals surface area contributed by atoms with E-state index in [-0.39, 0.29) is 23.6 Å². The van der Waals surface area contributed by atoms with Gasteiger partial charge in [0.05, 0.1) is 0 Å². The molecule has 3 N–H and O–H groups in total. The third-order valence-corrected chi connectivity index (χ3v) is 3.77. The molecule has 3 amide bonds. The average Bonchev–Trinajstić information content (AvgIpc) is 2.58. The predicted molar refractivity (Wildman–Crippen MR) is 102 cm³/mol. The van der Waals surface area contributed by atoms with Gasteiger partial charge in [0, 0.05) is 37.3 Å². The number of benzene rings is 2. The summed E-state index contributed by atoms with van der Waals surface area (Å²) in [5.41, 5.74) is 2.40. The minimum absolute atomic E-state index is 0.161. The van der Waals surface area contributed by atoms with Crippen molar-refractivity contribution in [3.8, 4) is 0 Å². The Morgan fingerprint density at radius 1 is 0.885 bits per heavy atom. The maximum Gasteiger partial charge on any atom is 0.251 e. The van der Waals surface area contributed by atoms with Gasteiger partial charge in [-0.25, -0.2) is 0 Å². The zero-order valence-electron chi connectivity index (χ0n) is 15.1. The molecule has 2 aromatic carbocycles. The van der Waals surface area contributed by atoms with Gasteiger partial charge < -0.3 is 16.0 Å². The molecule has 0 saturated heterocycles. The molecule has 2 rings (SSSR count). The van der Waals surface area contributed by atoms with E-state index in [2.05, 4.69) is 16.0 Å². The number of carbonyl (C=O) groups is 3. The second-order valence-corrected chi connectivity index (χ2v) is 6.18. The average molecular weight is 353 g/mol. The number of carbonyl (C=O) groups excluding carboxylic acids is 3. The van der Waals surface area contributed by atoms with E-state index in [1.807, 2.05) is 37.3 Å². The number of hydrogen-bond acceptors (Lipinski definition) is 3. The lowest BCUT2D eigenvalue weighted by molar-refractivity contribution is -0.115.